The third-order valence-corrected chi connectivity index (χ3v) is 6.96. The van der Waals surface area contributed by atoms with Gasteiger partial charge in [0.2, 0.25) is 10.0 Å². The Morgan fingerprint density at radius 1 is 1.09 bits per heavy atom. The molecule has 0 fully saturated rings. The number of ether oxygens (including phenoxy) is 2. The third-order valence-electron chi connectivity index (χ3n) is 4.91. The van der Waals surface area contributed by atoms with Crippen molar-refractivity contribution in [2.24, 2.45) is 5.10 Å². The summed E-state index contributed by atoms with van der Waals surface area (Å²) >= 11 is 5.87. The third kappa shape index (κ3) is 6.78. The number of halogens is 2. The van der Waals surface area contributed by atoms with Gasteiger partial charge < -0.3 is 9.47 Å². The van der Waals surface area contributed by atoms with E-state index in [2.05, 4.69) is 10.5 Å². The molecule has 3 rings (SSSR count). The van der Waals surface area contributed by atoms with E-state index in [0.29, 0.717) is 22.1 Å². The van der Waals surface area contributed by atoms with Gasteiger partial charge in [0, 0.05) is 22.7 Å². The zero-order valence-electron chi connectivity index (χ0n) is 18.9. The van der Waals surface area contributed by atoms with Gasteiger partial charge in [0.25, 0.3) is 5.91 Å². The van der Waals surface area contributed by atoms with Crippen molar-refractivity contribution < 1.29 is 27.1 Å². The molecule has 0 radical (unpaired) electrons. The number of sulfonamides is 1. The van der Waals surface area contributed by atoms with Crippen LogP contribution in [0, 0.1) is 5.82 Å². The summed E-state index contributed by atoms with van der Waals surface area (Å²) in [5.41, 5.74) is 2.94. The topological polar surface area (TPSA) is 97.3 Å². The van der Waals surface area contributed by atoms with Crippen LogP contribution in [-0.4, -0.2) is 45.6 Å². The number of nitrogens with one attached hydrogen (secondary N) is 1. The lowest BCUT2D eigenvalue weighted by atomic mass is 10.2. The van der Waals surface area contributed by atoms with E-state index in [1.54, 1.807) is 24.3 Å². The predicted molar refractivity (Wildman–Crippen MR) is 131 cm³/mol. The summed E-state index contributed by atoms with van der Waals surface area (Å²) < 4.78 is 52.1. The number of hydrogen-bond donors (Lipinski definition) is 1. The van der Waals surface area contributed by atoms with Gasteiger partial charge in [-0.1, -0.05) is 29.8 Å². The highest BCUT2D eigenvalue weighted by Crippen LogP contribution is 2.23. The summed E-state index contributed by atoms with van der Waals surface area (Å²) in [5, 5.41) is 4.25. The molecule has 3 aromatic carbocycles. The van der Waals surface area contributed by atoms with Gasteiger partial charge in [-0.05, 0) is 48.5 Å². The molecule has 0 atom stereocenters. The highest BCUT2D eigenvalue weighted by Gasteiger charge is 2.27. The zero-order chi connectivity index (χ0) is 25.4. The molecule has 0 aromatic heterocycles. The molecular formula is C24H23ClFN3O5S. The first-order valence-electron chi connectivity index (χ1n) is 10.3. The molecule has 0 spiro atoms. The quantitative estimate of drug-likeness (QED) is 0.324. The van der Waals surface area contributed by atoms with Crippen molar-refractivity contribution >= 4 is 33.7 Å². The fourth-order valence-corrected chi connectivity index (χ4v) is 4.61. The molecule has 0 aliphatic carbocycles. The summed E-state index contributed by atoms with van der Waals surface area (Å²) in [6.45, 7) is -0.968. The van der Waals surface area contributed by atoms with Crippen LogP contribution in [0.2, 0.25) is 5.02 Å². The first-order chi connectivity index (χ1) is 16.7. The van der Waals surface area contributed by atoms with Gasteiger partial charge in [-0.15, -0.1) is 0 Å². The molecule has 0 saturated carbocycles. The van der Waals surface area contributed by atoms with Crippen molar-refractivity contribution in [3.63, 3.8) is 0 Å². The Balaban J connectivity index is 1.82. The van der Waals surface area contributed by atoms with Crippen molar-refractivity contribution in [3.8, 4) is 11.5 Å². The summed E-state index contributed by atoms with van der Waals surface area (Å²) in [6, 6.07) is 16.2. The van der Waals surface area contributed by atoms with Gasteiger partial charge >= 0.3 is 0 Å². The minimum Gasteiger partial charge on any atom is -0.497 e. The summed E-state index contributed by atoms with van der Waals surface area (Å²) in [4.78, 5) is 12.5. The first kappa shape index (κ1) is 26.1. The molecule has 0 unspecified atom stereocenters. The summed E-state index contributed by atoms with van der Waals surface area (Å²) in [6.07, 6.45) is 1.34. The number of carbonyl (C=O) groups excluding carboxylic acids is 1. The van der Waals surface area contributed by atoms with Crippen LogP contribution in [0.3, 0.4) is 0 Å². The molecule has 1 N–H and O–H groups in total. The van der Waals surface area contributed by atoms with E-state index in [-0.39, 0.29) is 17.0 Å². The minimum absolute atomic E-state index is 0.0874. The second kappa shape index (κ2) is 11.8. The van der Waals surface area contributed by atoms with Crippen molar-refractivity contribution in [1.82, 2.24) is 9.73 Å². The minimum atomic E-state index is -4.17. The monoisotopic (exact) mass is 519 g/mol. The van der Waals surface area contributed by atoms with Gasteiger partial charge in [0.05, 0.1) is 31.9 Å². The Bertz CT molecular complexity index is 1320. The van der Waals surface area contributed by atoms with E-state index in [0.717, 1.165) is 4.31 Å². The van der Waals surface area contributed by atoms with E-state index in [1.807, 2.05) is 0 Å². The number of hydrogen-bond acceptors (Lipinski definition) is 6. The lowest BCUT2D eigenvalue weighted by Gasteiger charge is -2.21. The molecule has 0 aliphatic rings. The molecule has 35 heavy (non-hydrogen) atoms. The van der Waals surface area contributed by atoms with Gasteiger partial charge in [0.15, 0.2) is 0 Å². The summed E-state index contributed by atoms with van der Waals surface area (Å²) in [7, 11) is -1.17. The van der Waals surface area contributed by atoms with Crippen LogP contribution in [0.5, 0.6) is 11.5 Å². The Hall–Kier alpha value is -3.47. The van der Waals surface area contributed by atoms with E-state index in [9.17, 15) is 17.6 Å². The predicted octanol–water partition coefficient (Wildman–Crippen LogP) is 3.84. The van der Waals surface area contributed by atoms with E-state index in [4.69, 9.17) is 21.1 Å². The number of benzene rings is 3. The fourth-order valence-electron chi connectivity index (χ4n) is 3.11. The molecular weight excluding hydrogens is 497 g/mol. The molecule has 0 bridgehead atoms. The second-order valence-electron chi connectivity index (χ2n) is 7.22. The average molecular weight is 520 g/mol. The lowest BCUT2D eigenvalue weighted by Crippen LogP contribution is -2.39. The fraction of sp³-hybridized carbons (Fsp3) is 0.167. The molecule has 0 saturated heterocycles. The van der Waals surface area contributed by atoms with Crippen LogP contribution in [0.4, 0.5) is 4.39 Å². The number of nitrogens with zero attached hydrogens (tertiary/aromatic N) is 2. The van der Waals surface area contributed by atoms with Crippen LogP contribution in [0.15, 0.2) is 76.7 Å². The Kier molecular flexibility index (Phi) is 8.80. The molecule has 0 heterocycles. The molecule has 1 amide bonds. The van der Waals surface area contributed by atoms with E-state index < -0.39 is 28.3 Å². The van der Waals surface area contributed by atoms with Crippen LogP contribution in [-0.2, 0) is 21.4 Å². The van der Waals surface area contributed by atoms with Crippen LogP contribution in [0.25, 0.3) is 0 Å². The molecule has 11 heteroatoms. The smallest absolute Gasteiger partial charge is 0.255 e. The van der Waals surface area contributed by atoms with Crippen molar-refractivity contribution in [2.75, 3.05) is 20.8 Å². The zero-order valence-corrected chi connectivity index (χ0v) is 20.5. The number of hydrazone groups is 1. The number of methoxy groups -OCH3 is 2. The SMILES string of the molecule is COc1ccc(OC)c(/C=N\NC(=O)CN(Cc2ccccc2F)S(=O)(=O)c2ccc(Cl)cc2)c1. The van der Waals surface area contributed by atoms with Crippen molar-refractivity contribution in [1.29, 1.82) is 0 Å². The highest BCUT2D eigenvalue weighted by molar-refractivity contribution is 7.89. The average Bonchev–Trinajstić information content (AvgIpc) is 2.85. The highest BCUT2D eigenvalue weighted by atomic mass is 35.5. The Morgan fingerprint density at radius 2 is 1.80 bits per heavy atom. The number of amides is 1. The largest absolute Gasteiger partial charge is 0.497 e. The van der Waals surface area contributed by atoms with E-state index >= 15 is 0 Å². The number of rotatable bonds is 10. The maximum absolute atomic E-state index is 14.3. The number of carbonyl (C=O) groups is 1. The standard InChI is InChI=1S/C24H23ClFN3O5S/c1-33-20-9-12-23(34-2)18(13-20)14-27-28-24(30)16-29(15-17-5-3-4-6-22(17)26)35(31,32)21-10-7-19(25)8-11-21/h3-14H,15-16H2,1-2H3,(H,28,30)/b27-14-. The van der Waals surface area contributed by atoms with Crippen molar-refractivity contribution in [2.45, 2.75) is 11.4 Å². The van der Waals surface area contributed by atoms with Crippen molar-refractivity contribution in [3.05, 3.63) is 88.7 Å². The van der Waals surface area contributed by atoms with Gasteiger partial charge in [-0.3, -0.25) is 4.79 Å². The molecule has 8 nitrogen and oxygen atoms in total. The second-order valence-corrected chi connectivity index (χ2v) is 9.59. The van der Waals surface area contributed by atoms with Gasteiger partial charge in [-0.25, -0.2) is 18.2 Å². The van der Waals surface area contributed by atoms with Crippen LogP contribution in [0.1, 0.15) is 11.1 Å². The maximum atomic E-state index is 14.3. The Morgan fingerprint density at radius 3 is 2.46 bits per heavy atom. The molecule has 184 valence electrons. The van der Waals surface area contributed by atoms with Gasteiger partial charge in [0.1, 0.15) is 17.3 Å². The normalized spacial score (nSPS) is 11.6. The maximum Gasteiger partial charge on any atom is 0.255 e. The van der Waals surface area contributed by atoms with E-state index in [1.165, 1.54) is 62.9 Å². The molecule has 0 aliphatic heterocycles. The first-order valence-corrected chi connectivity index (χ1v) is 12.1. The van der Waals surface area contributed by atoms with Crippen LogP contribution < -0.4 is 14.9 Å². The lowest BCUT2D eigenvalue weighted by molar-refractivity contribution is -0.121. The Labute approximate surface area is 208 Å². The molecule has 3 aromatic rings. The summed E-state index contributed by atoms with van der Waals surface area (Å²) in [5.74, 6) is -0.261. The van der Waals surface area contributed by atoms with Crippen LogP contribution >= 0.6 is 11.6 Å². The van der Waals surface area contributed by atoms with Gasteiger partial charge in [-0.2, -0.15) is 9.41 Å².